The number of aryl methyl sites for hydroxylation is 1. The lowest BCUT2D eigenvalue weighted by Crippen LogP contribution is -2.33. The number of carbonyl (C=O) groups excluding carboxylic acids is 1. The Labute approximate surface area is 166 Å². The smallest absolute Gasteiger partial charge is 0.341 e. The highest BCUT2D eigenvalue weighted by atomic mass is 16.4. The van der Waals surface area contributed by atoms with Crippen LogP contribution in [0.25, 0.3) is 0 Å². The zero-order valence-corrected chi connectivity index (χ0v) is 16.0. The van der Waals surface area contributed by atoms with Gasteiger partial charge in [0, 0.05) is 30.5 Å². The van der Waals surface area contributed by atoms with Crippen molar-refractivity contribution in [1.29, 1.82) is 0 Å². The highest BCUT2D eigenvalue weighted by Crippen LogP contribution is 2.35. The van der Waals surface area contributed by atoms with E-state index in [1.165, 1.54) is 12.1 Å². The molecule has 2 fully saturated rings. The first-order valence-electron chi connectivity index (χ1n) is 9.94. The molecule has 0 atom stereocenters. The third-order valence-electron chi connectivity index (χ3n) is 5.40. The number of pyridine rings is 2. The lowest BCUT2D eigenvalue weighted by molar-refractivity contribution is 0.0693. The molecule has 0 saturated heterocycles. The molecule has 2 N–H and O–H groups in total. The maximum atomic E-state index is 12.4. The van der Waals surface area contributed by atoms with Crippen molar-refractivity contribution in [2.45, 2.75) is 50.6 Å². The Hall–Kier alpha value is -3.16. The Morgan fingerprint density at radius 2 is 1.72 bits per heavy atom. The molecule has 152 valence electrons. The minimum atomic E-state index is -1.22. The molecule has 0 spiro atoms. The summed E-state index contributed by atoms with van der Waals surface area (Å²) >= 11 is 0. The van der Waals surface area contributed by atoms with E-state index < -0.39 is 17.4 Å². The van der Waals surface area contributed by atoms with E-state index in [0.29, 0.717) is 19.4 Å². The molecule has 2 heterocycles. The van der Waals surface area contributed by atoms with E-state index in [9.17, 15) is 19.2 Å². The third-order valence-corrected chi connectivity index (χ3v) is 5.40. The molecule has 2 aromatic rings. The van der Waals surface area contributed by atoms with Crippen LogP contribution in [0.1, 0.15) is 70.6 Å². The molecule has 8 heteroatoms. The summed E-state index contributed by atoms with van der Waals surface area (Å²) in [5.41, 5.74) is -0.0385. The SMILES string of the molecule is O=C(NCCCc1ccc(C(=O)O)c(=O)n1C1CC1)c1cccn(C2CC2)c1=O. The van der Waals surface area contributed by atoms with Crippen LogP contribution in [-0.2, 0) is 6.42 Å². The van der Waals surface area contributed by atoms with Crippen molar-refractivity contribution in [3.63, 3.8) is 0 Å². The third kappa shape index (κ3) is 4.01. The van der Waals surface area contributed by atoms with Gasteiger partial charge < -0.3 is 19.6 Å². The summed E-state index contributed by atoms with van der Waals surface area (Å²) in [7, 11) is 0. The Morgan fingerprint density at radius 1 is 1.00 bits per heavy atom. The maximum absolute atomic E-state index is 12.4. The maximum Gasteiger partial charge on any atom is 0.341 e. The van der Waals surface area contributed by atoms with Gasteiger partial charge in [-0.2, -0.15) is 0 Å². The lowest BCUT2D eigenvalue weighted by Gasteiger charge is -2.13. The lowest BCUT2D eigenvalue weighted by atomic mass is 10.1. The number of carboxylic acid groups (broad SMARTS) is 1. The number of nitrogens with zero attached hydrogens (tertiary/aromatic N) is 2. The predicted molar refractivity (Wildman–Crippen MR) is 106 cm³/mol. The minimum Gasteiger partial charge on any atom is -0.477 e. The monoisotopic (exact) mass is 397 g/mol. The molecule has 0 aromatic carbocycles. The van der Waals surface area contributed by atoms with Crippen molar-refractivity contribution in [1.82, 2.24) is 14.5 Å². The number of rotatable bonds is 8. The van der Waals surface area contributed by atoms with Crippen molar-refractivity contribution in [3.8, 4) is 0 Å². The first kappa shape index (κ1) is 19.2. The molecule has 0 bridgehead atoms. The fraction of sp³-hybridized carbons (Fsp3) is 0.429. The number of hydrogen-bond donors (Lipinski definition) is 2. The summed E-state index contributed by atoms with van der Waals surface area (Å²) in [5.74, 6) is -1.62. The molecule has 2 aliphatic rings. The van der Waals surface area contributed by atoms with Gasteiger partial charge in [-0.05, 0) is 62.8 Å². The first-order chi connectivity index (χ1) is 14.0. The van der Waals surface area contributed by atoms with Crippen LogP contribution in [0.4, 0.5) is 0 Å². The predicted octanol–water partition coefficient (Wildman–Crippen LogP) is 1.74. The Bertz CT molecular complexity index is 1080. The van der Waals surface area contributed by atoms with E-state index in [-0.39, 0.29) is 28.8 Å². The van der Waals surface area contributed by atoms with Crippen LogP contribution >= 0.6 is 0 Å². The summed E-state index contributed by atoms with van der Waals surface area (Å²) in [4.78, 5) is 48.5. The van der Waals surface area contributed by atoms with E-state index in [0.717, 1.165) is 31.4 Å². The number of amides is 1. The zero-order chi connectivity index (χ0) is 20.5. The van der Waals surface area contributed by atoms with Gasteiger partial charge in [0.2, 0.25) is 0 Å². The molecule has 2 aliphatic carbocycles. The number of nitrogens with one attached hydrogen (secondary N) is 1. The molecule has 29 heavy (non-hydrogen) atoms. The van der Waals surface area contributed by atoms with Crippen LogP contribution < -0.4 is 16.4 Å². The van der Waals surface area contributed by atoms with Gasteiger partial charge >= 0.3 is 5.97 Å². The Kier molecular flexibility index (Phi) is 5.08. The van der Waals surface area contributed by atoms with Crippen LogP contribution in [-0.4, -0.2) is 32.7 Å². The van der Waals surface area contributed by atoms with Gasteiger partial charge in [0.15, 0.2) is 0 Å². The summed E-state index contributed by atoms with van der Waals surface area (Å²) in [5, 5.41) is 11.9. The van der Waals surface area contributed by atoms with Gasteiger partial charge in [0.1, 0.15) is 11.1 Å². The Morgan fingerprint density at radius 3 is 2.38 bits per heavy atom. The average Bonchev–Trinajstić information content (AvgIpc) is 3.58. The molecule has 0 radical (unpaired) electrons. The number of carbonyl (C=O) groups is 2. The fourth-order valence-electron chi connectivity index (χ4n) is 3.58. The highest BCUT2D eigenvalue weighted by molar-refractivity contribution is 5.93. The van der Waals surface area contributed by atoms with Crippen molar-refractivity contribution in [2.75, 3.05) is 6.54 Å². The van der Waals surface area contributed by atoms with Crippen LogP contribution in [0.2, 0.25) is 0 Å². The fourth-order valence-corrected chi connectivity index (χ4v) is 3.58. The van der Waals surface area contributed by atoms with Crippen molar-refractivity contribution >= 4 is 11.9 Å². The van der Waals surface area contributed by atoms with E-state index in [4.69, 9.17) is 5.11 Å². The number of aromatic nitrogens is 2. The normalized spacial score (nSPS) is 15.9. The van der Waals surface area contributed by atoms with Gasteiger partial charge in [0.25, 0.3) is 17.0 Å². The Balaban J connectivity index is 1.39. The average molecular weight is 397 g/mol. The second-order valence-corrected chi connectivity index (χ2v) is 7.67. The molecule has 4 rings (SSSR count). The summed E-state index contributed by atoms with van der Waals surface area (Å²) < 4.78 is 3.20. The van der Waals surface area contributed by atoms with Gasteiger partial charge in [-0.3, -0.25) is 14.4 Å². The first-order valence-corrected chi connectivity index (χ1v) is 9.94. The standard InChI is InChI=1S/C21H23N3O5/c25-18(16-4-2-12-23(19(16)26)13-5-6-13)22-11-1-3-14-9-10-17(21(28)29)20(27)24(14)15-7-8-15/h2,4,9-10,12-13,15H,1,3,5-8,11H2,(H,22,25)(H,28,29). The van der Waals surface area contributed by atoms with E-state index in [1.807, 2.05) is 0 Å². The zero-order valence-electron chi connectivity index (χ0n) is 16.0. The molecule has 2 saturated carbocycles. The van der Waals surface area contributed by atoms with Crippen molar-refractivity contribution in [2.24, 2.45) is 0 Å². The molecule has 8 nitrogen and oxygen atoms in total. The quantitative estimate of drug-likeness (QED) is 0.659. The van der Waals surface area contributed by atoms with Crippen molar-refractivity contribution in [3.05, 3.63) is 68.0 Å². The van der Waals surface area contributed by atoms with Crippen LogP contribution in [0.3, 0.4) is 0 Å². The van der Waals surface area contributed by atoms with Crippen LogP contribution in [0, 0.1) is 0 Å². The van der Waals surface area contributed by atoms with E-state index in [2.05, 4.69) is 5.32 Å². The van der Waals surface area contributed by atoms with Gasteiger partial charge in [-0.25, -0.2) is 4.79 Å². The largest absolute Gasteiger partial charge is 0.477 e. The second kappa shape index (κ2) is 7.69. The summed E-state index contributed by atoms with van der Waals surface area (Å²) in [6.45, 7) is 0.357. The number of hydrogen-bond acceptors (Lipinski definition) is 4. The molecular formula is C21H23N3O5. The van der Waals surface area contributed by atoms with E-state index >= 15 is 0 Å². The molecule has 0 aliphatic heterocycles. The minimum absolute atomic E-state index is 0.0663. The molecular weight excluding hydrogens is 374 g/mol. The number of carboxylic acids is 1. The summed E-state index contributed by atoms with van der Waals surface area (Å²) in [6, 6.07) is 6.55. The van der Waals surface area contributed by atoms with Gasteiger partial charge in [-0.15, -0.1) is 0 Å². The topological polar surface area (TPSA) is 110 Å². The molecule has 2 aromatic heterocycles. The number of aromatic carboxylic acids is 1. The summed E-state index contributed by atoms with van der Waals surface area (Å²) in [6.07, 6.45) is 6.50. The van der Waals surface area contributed by atoms with Crippen LogP contribution in [0.5, 0.6) is 0 Å². The van der Waals surface area contributed by atoms with Gasteiger partial charge in [-0.1, -0.05) is 0 Å². The van der Waals surface area contributed by atoms with Crippen LogP contribution in [0.15, 0.2) is 40.1 Å². The highest BCUT2D eigenvalue weighted by Gasteiger charge is 2.28. The molecule has 0 unspecified atom stereocenters. The van der Waals surface area contributed by atoms with Crippen molar-refractivity contribution < 1.29 is 14.7 Å². The molecule has 1 amide bonds. The van der Waals surface area contributed by atoms with E-state index in [1.54, 1.807) is 27.5 Å². The second-order valence-electron chi connectivity index (χ2n) is 7.67. The van der Waals surface area contributed by atoms with Gasteiger partial charge in [0.05, 0.1) is 0 Å².